The number of carbonyl (C=O) groups excluding carboxylic acids is 2. The fraction of sp³-hybridized carbons (Fsp3) is 0.769. The van der Waals surface area contributed by atoms with Crippen molar-refractivity contribution < 1.29 is 19.4 Å². The van der Waals surface area contributed by atoms with E-state index in [1.54, 1.807) is 0 Å². The summed E-state index contributed by atoms with van der Waals surface area (Å²) in [7, 11) is 0. The van der Waals surface area contributed by atoms with Crippen LogP contribution in [-0.2, 0) is 14.3 Å². The van der Waals surface area contributed by atoms with Gasteiger partial charge in [0, 0.05) is 6.61 Å². The third-order valence-corrected chi connectivity index (χ3v) is 3.73. The highest BCUT2D eigenvalue weighted by molar-refractivity contribution is 5.88. The zero-order chi connectivity index (χ0) is 14.8. The summed E-state index contributed by atoms with van der Waals surface area (Å²) in [5, 5.41) is 23.9. The molecule has 0 radical (unpaired) electrons. The molecule has 0 spiro atoms. The van der Waals surface area contributed by atoms with Gasteiger partial charge in [0.1, 0.15) is 11.5 Å². The minimum atomic E-state index is -1.23. The highest BCUT2D eigenvalue weighted by Crippen LogP contribution is 2.35. The molecule has 1 aliphatic heterocycles. The van der Waals surface area contributed by atoms with Crippen LogP contribution in [0.1, 0.15) is 26.2 Å². The Hall–Kier alpha value is -1.65. The first kappa shape index (κ1) is 14.8. The van der Waals surface area contributed by atoms with Gasteiger partial charge >= 0.3 is 0 Å². The van der Waals surface area contributed by atoms with Crippen LogP contribution >= 0.6 is 0 Å². The Bertz CT molecular complexity index is 441. The van der Waals surface area contributed by atoms with E-state index in [4.69, 9.17) is 10.00 Å². The molecule has 7 heteroatoms. The number of amides is 2. The number of hydrogen-bond acceptors (Lipinski definition) is 5. The van der Waals surface area contributed by atoms with Gasteiger partial charge in [-0.1, -0.05) is 0 Å². The van der Waals surface area contributed by atoms with E-state index in [1.165, 1.54) is 6.92 Å². The van der Waals surface area contributed by atoms with E-state index in [-0.39, 0.29) is 24.6 Å². The summed E-state index contributed by atoms with van der Waals surface area (Å²) in [6.07, 6.45) is 1.52. The number of carbonyl (C=O) groups is 2. The van der Waals surface area contributed by atoms with Crippen molar-refractivity contribution in [2.24, 2.45) is 5.92 Å². The maximum atomic E-state index is 11.8. The molecule has 2 rings (SSSR count). The molecular weight excluding hydrogens is 262 g/mol. The number of nitrogens with one attached hydrogen (secondary N) is 2. The normalized spacial score (nSPS) is 28.9. The van der Waals surface area contributed by atoms with Gasteiger partial charge in [-0.3, -0.25) is 9.59 Å². The van der Waals surface area contributed by atoms with Gasteiger partial charge in [-0.05, 0) is 26.2 Å². The lowest BCUT2D eigenvalue weighted by molar-refractivity contribution is -0.134. The van der Waals surface area contributed by atoms with E-state index in [2.05, 4.69) is 10.6 Å². The highest BCUT2D eigenvalue weighted by Gasteiger charge is 2.49. The van der Waals surface area contributed by atoms with Crippen LogP contribution in [0.2, 0.25) is 0 Å². The summed E-state index contributed by atoms with van der Waals surface area (Å²) >= 11 is 0. The summed E-state index contributed by atoms with van der Waals surface area (Å²) in [6, 6.07) is 1.21. The van der Waals surface area contributed by atoms with Crippen molar-refractivity contribution in [2.75, 3.05) is 13.2 Å². The molecule has 20 heavy (non-hydrogen) atoms. The van der Waals surface area contributed by atoms with Crippen LogP contribution in [0, 0.1) is 17.2 Å². The van der Waals surface area contributed by atoms with Gasteiger partial charge in [0.05, 0.1) is 24.8 Å². The molecule has 1 saturated heterocycles. The van der Waals surface area contributed by atoms with Crippen molar-refractivity contribution in [2.45, 2.75) is 43.9 Å². The van der Waals surface area contributed by atoms with E-state index in [0.29, 0.717) is 25.9 Å². The van der Waals surface area contributed by atoms with Crippen molar-refractivity contribution >= 4 is 11.8 Å². The fourth-order valence-electron chi connectivity index (χ4n) is 2.07. The molecule has 0 bridgehead atoms. The molecule has 2 aliphatic rings. The monoisotopic (exact) mass is 281 g/mol. The van der Waals surface area contributed by atoms with E-state index in [0.717, 1.165) is 0 Å². The summed E-state index contributed by atoms with van der Waals surface area (Å²) in [5.74, 6) is -1.52. The second kappa shape index (κ2) is 5.77. The minimum absolute atomic E-state index is 0.282. The van der Waals surface area contributed by atoms with Gasteiger partial charge in [0.2, 0.25) is 5.91 Å². The SMILES string of the molecule is CC(C#N)C(=O)N[C@@H]1COCC[C@@H]1NC(=O)C1(O)CC1. The summed E-state index contributed by atoms with van der Waals surface area (Å²) in [4.78, 5) is 23.6. The predicted molar refractivity (Wildman–Crippen MR) is 68.3 cm³/mol. The Kier molecular flexibility index (Phi) is 4.26. The molecule has 0 aromatic heterocycles. The van der Waals surface area contributed by atoms with Crippen molar-refractivity contribution in [3.8, 4) is 6.07 Å². The van der Waals surface area contributed by atoms with E-state index in [1.807, 2.05) is 6.07 Å². The first-order chi connectivity index (χ1) is 9.46. The lowest BCUT2D eigenvalue weighted by Gasteiger charge is -2.33. The van der Waals surface area contributed by atoms with Crippen LogP contribution in [0.3, 0.4) is 0 Å². The first-order valence-corrected chi connectivity index (χ1v) is 6.77. The van der Waals surface area contributed by atoms with Crippen LogP contribution in [0.15, 0.2) is 0 Å². The number of aliphatic hydroxyl groups is 1. The Balaban J connectivity index is 1.93. The highest BCUT2D eigenvalue weighted by atomic mass is 16.5. The summed E-state index contributed by atoms with van der Waals surface area (Å²) < 4.78 is 5.30. The maximum Gasteiger partial charge on any atom is 0.252 e. The number of ether oxygens (including phenoxy) is 1. The lowest BCUT2D eigenvalue weighted by Crippen LogP contribution is -2.58. The molecule has 1 unspecified atom stereocenters. The topological polar surface area (TPSA) is 111 Å². The van der Waals surface area contributed by atoms with Gasteiger partial charge in [0.25, 0.3) is 5.91 Å². The summed E-state index contributed by atoms with van der Waals surface area (Å²) in [5.41, 5.74) is -1.23. The second-order valence-corrected chi connectivity index (χ2v) is 5.44. The van der Waals surface area contributed by atoms with Gasteiger partial charge in [-0.15, -0.1) is 0 Å². The van der Waals surface area contributed by atoms with Crippen molar-refractivity contribution in [3.05, 3.63) is 0 Å². The van der Waals surface area contributed by atoms with Crippen molar-refractivity contribution in [1.82, 2.24) is 10.6 Å². The summed E-state index contributed by atoms with van der Waals surface area (Å²) in [6.45, 7) is 2.29. The van der Waals surface area contributed by atoms with Crippen molar-refractivity contribution in [1.29, 1.82) is 5.26 Å². The van der Waals surface area contributed by atoms with Gasteiger partial charge < -0.3 is 20.5 Å². The average molecular weight is 281 g/mol. The molecule has 1 aliphatic carbocycles. The molecule has 3 N–H and O–H groups in total. The molecule has 1 heterocycles. The second-order valence-electron chi connectivity index (χ2n) is 5.44. The zero-order valence-electron chi connectivity index (χ0n) is 11.4. The molecule has 2 amide bonds. The molecule has 2 fully saturated rings. The number of nitrogens with zero attached hydrogens (tertiary/aromatic N) is 1. The zero-order valence-corrected chi connectivity index (χ0v) is 11.4. The largest absolute Gasteiger partial charge is 0.380 e. The number of hydrogen-bond donors (Lipinski definition) is 3. The number of nitriles is 1. The van der Waals surface area contributed by atoms with E-state index >= 15 is 0 Å². The van der Waals surface area contributed by atoms with E-state index < -0.39 is 17.4 Å². The third kappa shape index (κ3) is 3.26. The minimum Gasteiger partial charge on any atom is -0.380 e. The average Bonchev–Trinajstić information content (AvgIpc) is 3.19. The molecule has 0 aromatic carbocycles. The third-order valence-electron chi connectivity index (χ3n) is 3.73. The first-order valence-electron chi connectivity index (χ1n) is 6.77. The van der Waals surface area contributed by atoms with Crippen LogP contribution in [0.25, 0.3) is 0 Å². The van der Waals surface area contributed by atoms with Crippen LogP contribution in [0.5, 0.6) is 0 Å². The Morgan fingerprint density at radius 1 is 1.40 bits per heavy atom. The smallest absolute Gasteiger partial charge is 0.252 e. The van der Waals surface area contributed by atoms with Gasteiger partial charge in [-0.25, -0.2) is 0 Å². The Labute approximate surface area is 117 Å². The quantitative estimate of drug-likeness (QED) is 0.616. The lowest BCUT2D eigenvalue weighted by atomic mass is 10.0. The maximum absolute atomic E-state index is 11.8. The van der Waals surface area contributed by atoms with Crippen LogP contribution in [-0.4, -0.2) is 47.8 Å². The molecule has 3 atom stereocenters. The number of rotatable bonds is 4. The van der Waals surface area contributed by atoms with Crippen LogP contribution in [0.4, 0.5) is 0 Å². The fourth-order valence-corrected chi connectivity index (χ4v) is 2.07. The standard InChI is InChI=1S/C13H19N3O4/c1-8(6-14)11(17)15-10-7-20-5-2-9(10)16-12(18)13(19)3-4-13/h8-10,19H,2-5,7H2,1H3,(H,15,17)(H,16,18)/t8?,9-,10+/m0/s1. The van der Waals surface area contributed by atoms with E-state index in [9.17, 15) is 14.7 Å². The Morgan fingerprint density at radius 3 is 2.70 bits per heavy atom. The molecule has 7 nitrogen and oxygen atoms in total. The Morgan fingerprint density at radius 2 is 2.10 bits per heavy atom. The molecular formula is C13H19N3O4. The van der Waals surface area contributed by atoms with Crippen LogP contribution < -0.4 is 10.6 Å². The van der Waals surface area contributed by atoms with Gasteiger partial charge in [0.15, 0.2) is 0 Å². The molecule has 0 aromatic rings. The van der Waals surface area contributed by atoms with Crippen molar-refractivity contribution in [3.63, 3.8) is 0 Å². The predicted octanol–water partition coefficient (Wildman–Crippen LogP) is -0.939. The van der Waals surface area contributed by atoms with Gasteiger partial charge in [-0.2, -0.15) is 5.26 Å². The molecule has 110 valence electrons. The molecule has 1 saturated carbocycles.